The summed E-state index contributed by atoms with van der Waals surface area (Å²) in [6.45, 7) is 5.40. The number of piperidine rings is 1. The first kappa shape index (κ1) is 46.1. The van der Waals surface area contributed by atoms with Crippen LogP contribution in [0.2, 0.25) is 0 Å². The van der Waals surface area contributed by atoms with Crippen molar-refractivity contribution in [2.24, 2.45) is 0 Å². The molecule has 0 aliphatic carbocycles. The van der Waals surface area contributed by atoms with Gasteiger partial charge >= 0.3 is 0 Å². The van der Waals surface area contributed by atoms with Crippen LogP contribution in [-0.4, -0.2) is 137 Å². The van der Waals surface area contributed by atoms with Crippen LogP contribution in [0.5, 0.6) is 11.5 Å². The molecule has 0 saturated carbocycles. The van der Waals surface area contributed by atoms with E-state index >= 15 is 0 Å². The van der Waals surface area contributed by atoms with Gasteiger partial charge in [0.05, 0.1) is 47.2 Å². The van der Waals surface area contributed by atoms with E-state index in [2.05, 4.69) is 31.6 Å². The van der Waals surface area contributed by atoms with E-state index in [4.69, 9.17) is 14.5 Å². The number of carbonyl (C=O) groups excluding carboxylic acids is 5. The molecule has 348 valence electrons. The standard InChI is InChI=1S/C48H50F2N10O7/c1-3-66-37-22-39(45-33(23-51)25-54-60(45)27-37)31-4-10-42(53-24-31)57-14-12-48(13-15-57,55-46(64)40-21-34(49)5-9-41(40)50)30-56-16-18-58(19-17-56)44(63)29-67-36-7-8-38-32(20-36)26-59(47(38)65)35(28-61)6-11-43(62)52-2/h4-5,7-10,20-22,24-25,27-28,35H,3,6,11-19,26,29-30H2,1-2H3,(H,52,62)(H,55,64). The first-order valence-electron chi connectivity index (χ1n) is 22.2. The van der Waals surface area contributed by atoms with Gasteiger partial charge in [0.1, 0.15) is 41.3 Å². The van der Waals surface area contributed by atoms with Crippen molar-refractivity contribution in [3.8, 4) is 28.7 Å². The molecule has 8 rings (SSSR count). The Bertz CT molecular complexity index is 2730. The number of aldehydes is 1. The second-order valence-corrected chi connectivity index (χ2v) is 16.8. The van der Waals surface area contributed by atoms with Crippen LogP contribution in [-0.2, 0) is 20.9 Å². The number of ether oxygens (including phenoxy) is 2. The van der Waals surface area contributed by atoms with Crippen molar-refractivity contribution in [1.29, 1.82) is 5.26 Å². The van der Waals surface area contributed by atoms with Crippen molar-refractivity contribution in [3.63, 3.8) is 0 Å². The normalized spacial score (nSPS) is 16.3. The lowest BCUT2D eigenvalue weighted by Crippen LogP contribution is -2.63. The van der Waals surface area contributed by atoms with E-state index in [1.54, 1.807) is 40.0 Å². The number of nitriles is 1. The summed E-state index contributed by atoms with van der Waals surface area (Å²) in [4.78, 5) is 75.9. The topological polar surface area (TPSA) is 195 Å². The van der Waals surface area contributed by atoms with Crippen molar-refractivity contribution < 1.29 is 42.2 Å². The molecule has 2 saturated heterocycles. The number of amides is 4. The van der Waals surface area contributed by atoms with Gasteiger partial charge in [-0.2, -0.15) is 10.4 Å². The summed E-state index contributed by atoms with van der Waals surface area (Å²) in [5.41, 5.74) is 2.44. The lowest BCUT2D eigenvalue weighted by molar-refractivity contribution is -0.135. The fourth-order valence-electron chi connectivity index (χ4n) is 9.04. The average Bonchev–Trinajstić information content (AvgIpc) is 3.91. The number of pyridine rings is 2. The van der Waals surface area contributed by atoms with E-state index in [0.717, 1.165) is 29.3 Å². The summed E-state index contributed by atoms with van der Waals surface area (Å²) in [5, 5.41) is 19.7. The predicted octanol–water partition coefficient (Wildman–Crippen LogP) is 3.99. The third-order valence-corrected chi connectivity index (χ3v) is 12.7. The Hall–Kier alpha value is -7.46. The lowest BCUT2D eigenvalue weighted by Gasteiger charge is -2.46. The number of carbonyl (C=O) groups is 5. The Morgan fingerprint density at radius 1 is 0.955 bits per heavy atom. The molecule has 1 unspecified atom stereocenters. The monoisotopic (exact) mass is 916 g/mol. The number of hydrogen-bond donors (Lipinski definition) is 2. The number of nitrogens with one attached hydrogen (secondary N) is 2. The van der Waals surface area contributed by atoms with Crippen molar-refractivity contribution in [2.75, 3.05) is 71.0 Å². The molecular weight excluding hydrogens is 867 g/mol. The number of halogens is 2. The molecule has 67 heavy (non-hydrogen) atoms. The van der Waals surface area contributed by atoms with Gasteiger partial charge in [-0.1, -0.05) is 0 Å². The minimum absolute atomic E-state index is 0.102. The fourth-order valence-corrected chi connectivity index (χ4v) is 9.04. The minimum Gasteiger partial charge on any atom is -0.492 e. The van der Waals surface area contributed by atoms with E-state index in [-0.39, 0.29) is 49.3 Å². The van der Waals surface area contributed by atoms with Gasteiger partial charge in [-0.15, -0.1) is 0 Å². The van der Waals surface area contributed by atoms with Crippen LogP contribution in [0.1, 0.15) is 64.4 Å². The molecule has 0 spiro atoms. The maximum absolute atomic E-state index is 14.9. The highest BCUT2D eigenvalue weighted by Crippen LogP contribution is 2.34. The van der Waals surface area contributed by atoms with Gasteiger partial charge in [0.25, 0.3) is 17.7 Å². The van der Waals surface area contributed by atoms with Crippen LogP contribution in [0.3, 0.4) is 0 Å². The van der Waals surface area contributed by atoms with Gasteiger partial charge in [0.2, 0.25) is 5.91 Å². The second kappa shape index (κ2) is 20.0. The molecule has 4 amide bonds. The van der Waals surface area contributed by atoms with Crippen LogP contribution in [0, 0.1) is 23.0 Å². The second-order valence-electron chi connectivity index (χ2n) is 16.8. The van der Waals surface area contributed by atoms with Crippen LogP contribution in [0.15, 0.2) is 73.2 Å². The lowest BCUT2D eigenvalue weighted by atomic mass is 9.86. The molecule has 0 radical (unpaired) electrons. The molecule has 5 aromatic rings. The fraction of sp³-hybridized carbons (Fsp3) is 0.375. The minimum atomic E-state index is -0.830. The molecule has 6 heterocycles. The van der Waals surface area contributed by atoms with Crippen LogP contribution in [0.4, 0.5) is 14.6 Å². The first-order valence-corrected chi connectivity index (χ1v) is 22.2. The van der Waals surface area contributed by atoms with Crippen LogP contribution < -0.4 is 25.0 Å². The SMILES string of the molecule is CCOc1cc(-c2ccc(N3CCC(CN4CCN(C(=O)COc5ccc6c(c5)CN(C(C=O)CCC(=O)NC)C6=O)CC4)(NC(=O)c4cc(F)ccc4F)CC3)nc2)c2c(C#N)cnn2c1. The van der Waals surface area contributed by atoms with Gasteiger partial charge < -0.3 is 39.6 Å². The van der Waals surface area contributed by atoms with Crippen molar-refractivity contribution in [1.82, 2.24) is 39.9 Å². The molecule has 3 aromatic heterocycles. The molecule has 1 atom stereocenters. The smallest absolute Gasteiger partial charge is 0.260 e. The van der Waals surface area contributed by atoms with Crippen LogP contribution in [0.25, 0.3) is 16.6 Å². The molecule has 2 fully saturated rings. The Morgan fingerprint density at radius 2 is 1.75 bits per heavy atom. The largest absolute Gasteiger partial charge is 0.492 e. The third kappa shape index (κ3) is 10.0. The average molecular weight is 917 g/mol. The van der Waals surface area contributed by atoms with Gasteiger partial charge in [0, 0.05) is 88.7 Å². The number of hydrogen-bond acceptors (Lipinski definition) is 12. The van der Waals surface area contributed by atoms with Crippen molar-refractivity contribution in [2.45, 2.75) is 50.7 Å². The number of benzene rings is 2. The molecule has 2 N–H and O–H groups in total. The Morgan fingerprint density at radius 3 is 2.45 bits per heavy atom. The van der Waals surface area contributed by atoms with Gasteiger partial charge in [-0.05, 0) is 86.3 Å². The molecule has 3 aliphatic rings. The van der Waals surface area contributed by atoms with Gasteiger partial charge in [0.15, 0.2) is 6.61 Å². The van der Waals surface area contributed by atoms with E-state index in [1.165, 1.54) is 18.1 Å². The number of rotatable bonds is 16. The van der Waals surface area contributed by atoms with E-state index < -0.39 is 29.1 Å². The van der Waals surface area contributed by atoms with Crippen LogP contribution >= 0.6 is 0 Å². The summed E-state index contributed by atoms with van der Waals surface area (Å²) in [6.07, 6.45) is 6.87. The summed E-state index contributed by atoms with van der Waals surface area (Å²) in [6, 6.07) is 14.8. The molecule has 0 bridgehead atoms. The number of nitrogens with zero attached hydrogens (tertiary/aromatic N) is 8. The highest BCUT2D eigenvalue weighted by atomic mass is 19.1. The molecule has 17 nitrogen and oxygen atoms in total. The number of fused-ring (bicyclic) bond motifs is 2. The summed E-state index contributed by atoms with van der Waals surface area (Å²) in [7, 11) is 1.51. The Kier molecular flexibility index (Phi) is 13.7. The summed E-state index contributed by atoms with van der Waals surface area (Å²) < 4.78 is 42.4. The molecule has 19 heteroatoms. The number of piperazine rings is 1. The van der Waals surface area contributed by atoms with E-state index in [0.29, 0.717) is 111 Å². The molecule has 3 aliphatic heterocycles. The highest BCUT2D eigenvalue weighted by Gasteiger charge is 2.40. The van der Waals surface area contributed by atoms with Crippen molar-refractivity contribution >= 4 is 41.2 Å². The van der Waals surface area contributed by atoms with Crippen molar-refractivity contribution in [3.05, 3.63) is 107 Å². The maximum atomic E-state index is 14.9. The first-order chi connectivity index (χ1) is 32.4. The summed E-state index contributed by atoms with van der Waals surface area (Å²) >= 11 is 0. The quantitative estimate of drug-likeness (QED) is 0.136. The molecular formula is C48H50F2N10O7. The van der Waals surface area contributed by atoms with E-state index in [9.17, 15) is 38.0 Å². The summed E-state index contributed by atoms with van der Waals surface area (Å²) in [5.74, 6) is -1.34. The molecule has 2 aromatic carbocycles. The predicted molar refractivity (Wildman–Crippen MR) is 240 cm³/mol. The zero-order valence-corrected chi connectivity index (χ0v) is 37.2. The van der Waals surface area contributed by atoms with E-state index in [1.807, 2.05) is 25.1 Å². The highest BCUT2D eigenvalue weighted by molar-refractivity contribution is 6.00. The third-order valence-electron chi connectivity index (χ3n) is 12.7. The number of aromatic nitrogens is 3. The maximum Gasteiger partial charge on any atom is 0.260 e. The van der Waals surface area contributed by atoms with Gasteiger partial charge in [-0.25, -0.2) is 18.3 Å². The zero-order chi connectivity index (χ0) is 47.2. The van der Waals surface area contributed by atoms with Gasteiger partial charge in [-0.3, -0.25) is 24.1 Å². The Balaban J connectivity index is 0.898. The Labute approximate surface area is 385 Å². The zero-order valence-electron chi connectivity index (χ0n) is 37.2. The number of anilines is 1.